The van der Waals surface area contributed by atoms with Gasteiger partial charge in [0.2, 0.25) is 5.95 Å². The summed E-state index contributed by atoms with van der Waals surface area (Å²) >= 11 is 0. The maximum atomic E-state index is 12.1. The summed E-state index contributed by atoms with van der Waals surface area (Å²) in [5, 5.41) is 11.1. The zero-order chi connectivity index (χ0) is 23.1. The number of carbonyl (C=O) groups excluding carboxylic acids is 1. The minimum atomic E-state index is -0.0176. The van der Waals surface area contributed by atoms with E-state index in [1.54, 1.807) is 0 Å². The smallest absolute Gasteiger partial charge is 0.252 e. The molecule has 0 aliphatic carbocycles. The molecule has 1 aliphatic rings. The van der Waals surface area contributed by atoms with Gasteiger partial charge in [0.05, 0.1) is 6.04 Å². The quantitative estimate of drug-likeness (QED) is 0.448. The Morgan fingerprint density at radius 1 is 1.03 bits per heavy atom. The molecule has 7 heteroatoms. The van der Waals surface area contributed by atoms with Gasteiger partial charge in [-0.2, -0.15) is 4.98 Å². The van der Waals surface area contributed by atoms with E-state index in [1.807, 2.05) is 68.9 Å². The normalized spacial score (nSPS) is 14.8. The second-order valence-corrected chi connectivity index (χ2v) is 8.41. The van der Waals surface area contributed by atoms with E-state index in [4.69, 9.17) is 10.1 Å². The van der Waals surface area contributed by atoms with Crippen LogP contribution in [0, 0.1) is 13.8 Å². The van der Waals surface area contributed by atoms with Crippen LogP contribution in [0.2, 0.25) is 0 Å². The fourth-order valence-corrected chi connectivity index (χ4v) is 4.11. The molecule has 5 rings (SSSR count). The highest BCUT2D eigenvalue weighted by Crippen LogP contribution is 2.32. The number of hydrogen-bond donors (Lipinski definition) is 2. The standard InChI is InChI=1S/C26H26N6O/c1-5-32-26(29-23-13-21-17(4)28-25(33)22(21)12-15(23)2)30-24(31-32)19-10-8-18(9-11-19)20-7-6-16(3)27-14-20/h6-14,17H,5H2,1-4H3,(H,28,33)(H,29,30,31)/t17-/m0/s1. The predicted molar refractivity (Wildman–Crippen MR) is 129 cm³/mol. The molecule has 0 radical (unpaired) electrons. The molecule has 0 unspecified atom stereocenters. The number of fused-ring (bicyclic) bond motifs is 1. The van der Waals surface area contributed by atoms with Gasteiger partial charge < -0.3 is 10.6 Å². The molecule has 0 spiro atoms. The first-order valence-electron chi connectivity index (χ1n) is 11.1. The van der Waals surface area contributed by atoms with Gasteiger partial charge in [-0.05, 0) is 62.6 Å². The number of amides is 1. The Morgan fingerprint density at radius 3 is 2.45 bits per heavy atom. The first-order chi connectivity index (χ1) is 15.9. The summed E-state index contributed by atoms with van der Waals surface area (Å²) in [5.41, 5.74) is 7.78. The van der Waals surface area contributed by atoms with Crippen LogP contribution in [-0.4, -0.2) is 25.7 Å². The van der Waals surface area contributed by atoms with Crippen molar-refractivity contribution in [2.24, 2.45) is 0 Å². The molecule has 0 saturated carbocycles. The van der Waals surface area contributed by atoms with Gasteiger partial charge in [-0.15, -0.1) is 5.10 Å². The van der Waals surface area contributed by atoms with Gasteiger partial charge >= 0.3 is 0 Å². The molecule has 2 aromatic carbocycles. The topological polar surface area (TPSA) is 84.7 Å². The average Bonchev–Trinajstić information content (AvgIpc) is 3.35. The van der Waals surface area contributed by atoms with Gasteiger partial charge in [-0.3, -0.25) is 9.78 Å². The molecule has 3 heterocycles. The number of nitrogens with zero attached hydrogens (tertiary/aromatic N) is 4. The number of benzene rings is 2. The van der Waals surface area contributed by atoms with Crippen LogP contribution in [0.25, 0.3) is 22.5 Å². The lowest BCUT2D eigenvalue weighted by Crippen LogP contribution is -2.16. The van der Waals surface area contributed by atoms with Crippen LogP contribution >= 0.6 is 0 Å². The Morgan fingerprint density at radius 2 is 1.76 bits per heavy atom. The summed E-state index contributed by atoms with van der Waals surface area (Å²) in [6.07, 6.45) is 1.89. The third-order valence-corrected chi connectivity index (χ3v) is 6.06. The van der Waals surface area contributed by atoms with Crippen LogP contribution in [0.5, 0.6) is 0 Å². The average molecular weight is 439 g/mol. The molecule has 166 valence electrons. The van der Waals surface area contributed by atoms with E-state index >= 15 is 0 Å². The van der Waals surface area contributed by atoms with Crippen molar-refractivity contribution in [3.05, 3.63) is 77.1 Å². The van der Waals surface area contributed by atoms with Crippen LogP contribution < -0.4 is 10.6 Å². The minimum Gasteiger partial charge on any atom is -0.345 e. The molecular weight excluding hydrogens is 412 g/mol. The number of carbonyl (C=O) groups is 1. The van der Waals surface area contributed by atoms with E-state index in [9.17, 15) is 4.79 Å². The number of nitrogens with one attached hydrogen (secondary N) is 2. The molecule has 7 nitrogen and oxygen atoms in total. The lowest BCUT2D eigenvalue weighted by Gasteiger charge is -2.12. The Kier molecular flexibility index (Phi) is 5.17. The third kappa shape index (κ3) is 3.86. The van der Waals surface area contributed by atoms with Crippen LogP contribution in [0.4, 0.5) is 11.6 Å². The van der Waals surface area contributed by atoms with Crippen molar-refractivity contribution in [2.75, 3.05) is 5.32 Å². The fourth-order valence-electron chi connectivity index (χ4n) is 4.11. The van der Waals surface area contributed by atoms with E-state index in [1.165, 1.54) is 0 Å². The number of aromatic nitrogens is 4. The van der Waals surface area contributed by atoms with Crippen LogP contribution in [0.1, 0.15) is 47.1 Å². The lowest BCUT2D eigenvalue weighted by atomic mass is 10.0. The van der Waals surface area contributed by atoms with Crippen molar-refractivity contribution in [2.45, 2.75) is 40.3 Å². The summed E-state index contributed by atoms with van der Waals surface area (Å²) in [7, 11) is 0. The zero-order valence-electron chi connectivity index (χ0n) is 19.2. The largest absolute Gasteiger partial charge is 0.345 e. The third-order valence-electron chi connectivity index (χ3n) is 6.06. The van der Waals surface area contributed by atoms with E-state index < -0.39 is 0 Å². The Hall–Kier alpha value is -4.00. The monoisotopic (exact) mass is 438 g/mol. The van der Waals surface area contributed by atoms with E-state index in [-0.39, 0.29) is 11.9 Å². The maximum absolute atomic E-state index is 12.1. The molecule has 0 fully saturated rings. The first-order valence-corrected chi connectivity index (χ1v) is 11.1. The summed E-state index contributed by atoms with van der Waals surface area (Å²) in [5.74, 6) is 1.32. The van der Waals surface area contributed by atoms with E-state index in [2.05, 4.69) is 33.8 Å². The second kappa shape index (κ2) is 8.16. The van der Waals surface area contributed by atoms with Gasteiger partial charge in [0.1, 0.15) is 0 Å². The van der Waals surface area contributed by atoms with Crippen LogP contribution in [-0.2, 0) is 6.54 Å². The number of anilines is 2. The summed E-state index contributed by atoms with van der Waals surface area (Å²) < 4.78 is 1.85. The summed E-state index contributed by atoms with van der Waals surface area (Å²) in [6, 6.07) is 16.3. The van der Waals surface area contributed by atoms with Crippen molar-refractivity contribution < 1.29 is 4.79 Å². The van der Waals surface area contributed by atoms with Gasteiger partial charge in [-0.25, -0.2) is 4.68 Å². The second-order valence-electron chi connectivity index (χ2n) is 8.41. The summed E-state index contributed by atoms with van der Waals surface area (Å²) in [6.45, 7) is 8.69. The molecule has 0 bridgehead atoms. The molecule has 0 saturated heterocycles. The van der Waals surface area contributed by atoms with Crippen molar-refractivity contribution in [1.29, 1.82) is 0 Å². The molecule has 2 aromatic heterocycles. The number of rotatable bonds is 5. The first kappa shape index (κ1) is 20.9. The minimum absolute atomic E-state index is 0.00417. The highest BCUT2D eigenvalue weighted by molar-refractivity contribution is 6.00. The molecule has 1 amide bonds. The number of aryl methyl sites for hydroxylation is 3. The zero-order valence-corrected chi connectivity index (χ0v) is 19.2. The molecule has 2 N–H and O–H groups in total. The van der Waals surface area contributed by atoms with Gasteiger partial charge in [-0.1, -0.05) is 30.3 Å². The van der Waals surface area contributed by atoms with E-state index in [0.717, 1.165) is 44.8 Å². The number of pyridine rings is 1. The van der Waals surface area contributed by atoms with Crippen LogP contribution in [0.3, 0.4) is 0 Å². The van der Waals surface area contributed by atoms with Crippen molar-refractivity contribution in [3.8, 4) is 22.5 Å². The van der Waals surface area contributed by atoms with Crippen molar-refractivity contribution in [1.82, 2.24) is 25.1 Å². The highest BCUT2D eigenvalue weighted by atomic mass is 16.2. The molecule has 1 atom stereocenters. The van der Waals surface area contributed by atoms with Gasteiger partial charge in [0, 0.05) is 40.8 Å². The Labute approximate surface area is 192 Å². The SMILES string of the molecule is CCn1nc(-c2ccc(-c3ccc(C)nc3)cc2)nc1Nc1cc2c(cc1C)C(=O)N[C@H]2C. The van der Waals surface area contributed by atoms with Gasteiger partial charge in [0.25, 0.3) is 5.91 Å². The van der Waals surface area contributed by atoms with Crippen LogP contribution in [0.15, 0.2) is 54.7 Å². The number of hydrogen-bond acceptors (Lipinski definition) is 5. The molecule has 4 aromatic rings. The van der Waals surface area contributed by atoms with Gasteiger partial charge in [0.15, 0.2) is 5.82 Å². The van der Waals surface area contributed by atoms with E-state index in [0.29, 0.717) is 18.3 Å². The lowest BCUT2D eigenvalue weighted by molar-refractivity contribution is 0.0958. The Balaban J connectivity index is 1.43. The van der Waals surface area contributed by atoms with Crippen molar-refractivity contribution in [3.63, 3.8) is 0 Å². The highest BCUT2D eigenvalue weighted by Gasteiger charge is 2.26. The molecular formula is C26H26N6O. The van der Waals surface area contributed by atoms with Crippen molar-refractivity contribution >= 4 is 17.5 Å². The Bertz CT molecular complexity index is 1340. The molecule has 1 aliphatic heterocycles. The fraction of sp³-hybridized carbons (Fsp3) is 0.231. The maximum Gasteiger partial charge on any atom is 0.252 e. The predicted octanol–water partition coefficient (Wildman–Crippen LogP) is 5.19. The summed E-state index contributed by atoms with van der Waals surface area (Å²) in [4.78, 5) is 21.3. The molecule has 33 heavy (non-hydrogen) atoms.